The maximum atomic E-state index is 11.5. The number of hydrogen-bond donors (Lipinski definition) is 1. The van der Waals surface area contributed by atoms with E-state index in [0.717, 1.165) is 19.2 Å². The Hall–Kier alpha value is -1.11. The molecule has 0 radical (unpaired) electrons. The van der Waals surface area contributed by atoms with Gasteiger partial charge in [-0.25, -0.2) is 9.59 Å². The fourth-order valence-corrected chi connectivity index (χ4v) is 1.93. The van der Waals surface area contributed by atoms with Gasteiger partial charge in [-0.1, -0.05) is 0 Å². The van der Waals surface area contributed by atoms with E-state index in [-0.39, 0.29) is 30.2 Å². The summed E-state index contributed by atoms with van der Waals surface area (Å²) in [5.41, 5.74) is -0.0868. The van der Waals surface area contributed by atoms with Gasteiger partial charge in [0.2, 0.25) is 0 Å². The van der Waals surface area contributed by atoms with Crippen molar-refractivity contribution < 1.29 is 24.2 Å². The Labute approximate surface area is 125 Å². The molecule has 0 bridgehead atoms. The number of morpholine rings is 1. The van der Waals surface area contributed by atoms with Gasteiger partial charge in [-0.05, 0) is 20.8 Å². The minimum Gasteiger partial charge on any atom is -0.478 e. The van der Waals surface area contributed by atoms with E-state index in [9.17, 15) is 9.59 Å². The van der Waals surface area contributed by atoms with Crippen LogP contribution in [0, 0.1) is 0 Å². The van der Waals surface area contributed by atoms with Gasteiger partial charge in [0, 0.05) is 31.3 Å². The zero-order valence-corrected chi connectivity index (χ0v) is 12.9. The zero-order valence-electron chi connectivity index (χ0n) is 12.0. The van der Waals surface area contributed by atoms with Gasteiger partial charge in [0.1, 0.15) is 6.61 Å². The van der Waals surface area contributed by atoms with Crippen LogP contribution in [-0.2, 0) is 19.1 Å². The maximum absolute atomic E-state index is 11.5. The van der Waals surface area contributed by atoms with E-state index >= 15 is 0 Å². The summed E-state index contributed by atoms with van der Waals surface area (Å²) in [7, 11) is 0. The van der Waals surface area contributed by atoms with Crippen LogP contribution in [0.2, 0.25) is 0 Å². The molecular formula is C13H22ClNO5. The van der Waals surface area contributed by atoms with Crippen molar-refractivity contribution in [3.8, 4) is 0 Å². The SMILES string of the molecule is C/C(=C\C(=O)O)C(=O)OCCN1CCOC(C)(C)C1.Cl. The molecule has 1 aliphatic heterocycles. The summed E-state index contributed by atoms with van der Waals surface area (Å²) in [5.74, 6) is -1.74. The van der Waals surface area contributed by atoms with Gasteiger partial charge < -0.3 is 14.6 Å². The third kappa shape index (κ3) is 6.88. The lowest BCUT2D eigenvalue weighted by Crippen LogP contribution is -2.49. The molecule has 0 spiro atoms. The Morgan fingerprint density at radius 2 is 2.10 bits per heavy atom. The minimum atomic E-state index is -1.15. The number of esters is 1. The van der Waals surface area contributed by atoms with Gasteiger partial charge >= 0.3 is 11.9 Å². The van der Waals surface area contributed by atoms with Crippen LogP contribution in [0.1, 0.15) is 20.8 Å². The third-order valence-corrected chi connectivity index (χ3v) is 2.81. The second-order valence-electron chi connectivity index (χ2n) is 5.19. The van der Waals surface area contributed by atoms with Crippen LogP contribution in [-0.4, -0.2) is 60.4 Å². The van der Waals surface area contributed by atoms with Gasteiger partial charge in [0.25, 0.3) is 0 Å². The van der Waals surface area contributed by atoms with E-state index in [2.05, 4.69) is 4.90 Å². The summed E-state index contributed by atoms with van der Waals surface area (Å²) in [5, 5.41) is 8.51. The fraction of sp³-hybridized carbons (Fsp3) is 0.692. The molecule has 116 valence electrons. The Kier molecular flexibility index (Phi) is 7.78. The average Bonchev–Trinajstić information content (AvgIpc) is 2.26. The molecule has 1 rings (SSSR count). The van der Waals surface area contributed by atoms with Crippen molar-refractivity contribution in [2.75, 3.05) is 32.8 Å². The molecule has 0 atom stereocenters. The first-order valence-electron chi connectivity index (χ1n) is 6.25. The van der Waals surface area contributed by atoms with Crippen LogP contribution >= 0.6 is 12.4 Å². The Balaban J connectivity index is 0.00000361. The number of carboxylic acid groups (broad SMARTS) is 1. The highest BCUT2D eigenvalue weighted by molar-refractivity contribution is 5.95. The molecule has 1 saturated heterocycles. The van der Waals surface area contributed by atoms with Crippen molar-refractivity contribution in [3.63, 3.8) is 0 Å². The molecule has 1 aliphatic rings. The van der Waals surface area contributed by atoms with Gasteiger partial charge in [-0.15, -0.1) is 12.4 Å². The van der Waals surface area contributed by atoms with Crippen LogP contribution < -0.4 is 0 Å². The summed E-state index contributed by atoms with van der Waals surface area (Å²) in [6.45, 7) is 8.60. The summed E-state index contributed by atoms with van der Waals surface area (Å²) in [4.78, 5) is 24.0. The first-order valence-corrected chi connectivity index (χ1v) is 6.25. The second-order valence-corrected chi connectivity index (χ2v) is 5.19. The number of carbonyl (C=O) groups excluding carboxylic acids is 1. The largest absolute Gasteiger partial charge is 0.478 e. The minimum absolute atomic E-state index is 0. The molecule has 0 unspecified atom stereocenters. The lowest BCUT2D eigenvalue weighted by molar-refractivity contribution is -0.141. The van der Waals surface area contributed by atoms with Crippen LogP contribution in [0.3, 0.4) is 0 Å². The number of rotatable bonds is 5. The molecule has 0 aromatic heterocycles. The van der Waals surface area contributed by atoms with Gasteiger partial charge in [0.15, 0.2) is 0 Å². The molecule has 0 aromatic carbocycles. The number of aliphatic carboxylic acids is 1. The van der Waals surface area contributed by atoms with Gasteiger partial charge in [0.05, 0.1) is 12.2 Å². The van der Waals surface area contributed by atoms with Crippen molar-refractivity contribution in [3.05, 3.63) is 11.6 Å². The molecule has 0 aliphatic carbocycles. The molecule has 1 N–H and O–H groups in total. The van der Waals surface area contributed by atoms with Crippen molar-refractivity contribution >= 4 is 24.3 Å². The lowest BCUT2D eigenvalue weighted by atomic mass is 10.1. The Morgan fingerprint density at radius 3 is 2.65 bits per heavy atom. The molecular weight excluding hydrogens is 286 g/mol. The van der Waals surface area contributed by atoms with Gasteiger partial charge in [-0.3, -0.25) is 4.90 Å². The van der Waals surface area contributed by atoms with E-state index in [1.165, 1.54) is 6.92 Å². The smallest absolute Gasteiger partial charge is 0.334 e. The van der Waals surface area contributed by atoms with E-state index in [0.29, 0.717) is 13.2 Å². The van der Waals surface area contributed by atoms with Crippen LogP contribution in [0.5, 0.6) is 0 Å². The highest BCUT2D eigenvalue weighted by atomic mass is 35.5. The maximum Gasteiger partial charge on any atom is 0.334 e. The molecule has 0 aromatic rings. The predicted octanol–water partition coefficient (Wildman–Crippen LogP) is 1.09. The monoisotopic (exact) mass is 307 g/mol. The highest BCUT2D eigenvalue weighted by Crippen LogP contribution is 2.15. The zero-order chi connectivity index (χ0) is 14.5. The topological polar surface area (TPSA) is 76.1 Å². The van der Waals surface area contributed by atoms with E-state index in [1.807, 2.05) is 13.8 Å². The van der Waals surface area contributed by atoms with Crippen LogP contribution in [0.25, 0.3) is 0 Å². The van der Waals surface area contributed by atoms with Gasteiger partial charge in [-0.2, -0.15) is 0 Å². The molecule has 1 fully saturated rings. The number of nitrogens with zero attached hydrogens (tertiary/aromatic N) is 1. The molecule has 20 heavy (non-hydrogen) atoms. The first-order chi connectivity index (χ1) is 8.80. The van der Waals surface area contributed by atoms with Crippen molar-refractivity contribution in [2.45, 2.75) is 26.4 Å². The predicted molar refractivity (Wildman–Crippen MR) is 76.1 cm³/mol. The van der Waals surface area contributed by atoms with Crippen LogP contribution in [0.15, 0.2) is 11.6 Å². The molecule has 0 saturated carbocycles. The number of ether oxygens (including phenoxy) is 2. The number of carbonyl (C=O) groups is 2. The standard InChI is InChI=1S/C13H21NO5.ClH/c1-10(8-11(15)16)12(17)18-6-4-14-5-7-19-13(2,3)9-14;/h8H,4-7,9H2,1-3H3,(H,15,16);1H/b10-8+;. The molecule has 7 heteroatoms. The average molecular weight is 308 g/mol. The number of carboxylic acids is 1. The highest BCUT2D eigenvalue weighted by Gasteiger charge is 2.26. The molecule has 0 amide bonds. The van der Waals surface area contributed by atoms with Crippen LogP contribution in [0.4, 0.5) is 0 Å². The molecule has 6 nitrogen and oxygen atoms in total. The first kappa shape index (κ1) is 18.9. The molecule has 1 heterocycles. The normalized spacial score (nSPS) is 19.1. The van der Waals surface area contributed by atoms with Crippen molar-refractivity contribution in [1.29, 1.82) is 0 Å². The van der Waals surface area contributed by atoms with Crippen molar-refractivity contribution in [1.82, 2.24) is 4.90 Å². The third-order valence-electron chi connectivity index (χ3n) is 2.81. The summed E-state index contributed by atoms with van der Waals surface area (Å²) >= 11 is 0. The fourth-order valence-electron chi connectivity index (χ4n) is 1.93. The number of halogens is 1. The van der Waals surface area contributed by atoms with Crippen molar-refractivity contribution in [2.24, 2.45) is 0 Å². The summed E-state index contributed by atoms with van der Waals surface area (Å²) in [6.07, 6.45) is 0.847. The van der Waals surface area contributed by atoms with E-state index in [4.69, 9.17) is 14.6 Å². The van der Waals surface area contributed by atoms with E-state index < -0.39 is 11.9 Å². The van der Waals surface area contributed by atoms with E-state index in [1.54, 1.807) is 0 Å². The summed E-state index contributed by atoms with van der Waals surface area (Å²) < 4.78 is 10.6. The quantitative estimate of drug-likeness (QED) is 0.605. The Morgan fingerprint density at radius 1 is 1.45 bits per heavy atom. The lowest BCUT2D eigenvalue weighted by Gasteiger charge is -2.37. The number of hydrogen-bond acceptors (Lipinski definition) is 5. The Bertz CT molecular complexity index is 381. The summed E-state index contributed by atoms with van der Waals surface area (Å²) in [6, 6.07) is 0. The second kappa shape index (κ2) is 8.24.